The molecule has 0 aliphatic carbocycles. The number of hydrogen-bond donors (Lipinski definition) is 1. The molecule has 0 spiro atoms. The van der Waals surface area contributed by atoms with Gasteiger partial charge < -0.3 is 5.32 Å². The molecule has 1 amide bonds. The summed E-state index contributed by atoms with van der Waals surface area (Å²) >= 11 is 18.0. The van der Waals surface area contributed by atoms with Crippen LogP contribution in [0.3, 0.4) is 0 Å². The molecule has 1 saturated heterocycles. The Balaban J connectivity index is 1.52. The minimum absolute atomic E-state index is 0.0372. The van der Waals surface area contributed by atoms with Gasteiger partial charge in [-0.05, 0) is 74.3 Å². The van der Waals surface area contributed by atoms with E-state index in [1.165, 1.54) is 0 Å². The zero-order chi connectivity index (χ0) is 18.7. The minimum Gasteiger partial charge on any atom is -0.326 e. The summed E-state index contributed by atoms with van der Waals surface area (Å²) in [6, 6.07) is 11.2. The molecule has 2 aromatic carbocycles. The first-order valence-electron chi connectivity index (χ1n) is 8.65. The number of nitrogens with zero attached hydrogens (tertiary/aromatic N) is 1. The Morgan fingerprint density at radius 3 is 2.46 bits per heavy atom. The molecule has 1 aliphatic rings. The van der Waals surface area contributed by atoms with Crippen LogP contribution in [0.4, 0.5) is 5.69 Å². The third kappa shape index (κ3) is 4.92. The number of benzene rings is 2. The van der Waals surface area contributed by atoms with E-state index in [4.69, 9.17) is 34.8 Å². The van der Waals surface area contributed by atoms with Crippen molar-refractivity contribution in [2.24, 2.45) is 5.92 Å². The van der Waals surface area contributed by atoms with Crippen molar-refractivity contribution in [2.75, 3.05) is 18.4 Å². The fraction of sp³-hybridized carbons (Fsp3) is 0.350. The molecular formula is C20H21Cl3N2O. The Hall–Kier alpha value is -1.26. The van der Waals surface area contributed by atoms with Gasteiger partial charge in [0, 0.05) is 23.2 Å². The highest BCUT2D eigenvalue weighted by Gasteiger charge is 2.25. The van der Waals surface area contributed by atoms with Gasteiger partial charge in [0.25, 0.3) is 0 Å². The normalized spacial score (nSPS) is 15.8. The molecule has 2 aromatic rings. The van der Waals surface area contributed by atoms with Gasteiger partial charge in [-0.15, -0.1) is 0 Å². The Labute approximate surface area is 169 Å². The molecule has 1 heterocycles. The van der Waals surface area contributed by atoms with E-state index in [9.17, 15) is 4.79 Å². The second-order valence-corrected chi connectivity index (χ2v) is 8.00. The van der Waals surface area contributed by atoms with Crippen molar-refractivity contribution >= 4 is 46.4 Å². The lowest BCUT2D eigenvalue weighted by Gasteiger charge is -2.31. The number of piperidine rings is 1. The molecule has 0 radical (unpaired) electrons. The van der Waals surface area contributed by atoms with E-state index in [-0.39, 0.29) is 11.8 Å². The summed E-state index contributed by atoms with van der Waals surface area (Å²) < 4.78 is 0. The van der Waals surface area contributed by atoms with E-state index in [1.54, 1.807) is 6.07 Å². The lowest BCUT2D eigenvalue weighted by atomic mass is 9.95. The van der Waals surface area contributed by atoms with Crippen LogP contribution in [0.25, 0.3) is 0 Å². The Morgan fingerprint density at radius 1 is 1.08 bits per heavy atom. The molecule has 1 fully saturated rings. The SMILES string of the molecule is Cc1cc(Cl)ccc1NC(=O)C1CCN(Cc2ccc(Cl)c(Cl)c2)CC1. The van der Waals surface area contributed by atoms with Crippen molar-refractivity contribution in [3.05, 3.63) is 62.6 Å². The van der Waals surface area contributed by atoms with E-state index in [2.05, 4.69) is 10.2 Å². The fourth-order valence-corrected chi connectivity index (χ4v) is 3.80. The predicted molar refractivity (Wildman–Crippen MR) is 109 cm³/mol. The van der Waals surface area contributed by atoms with Gasteiger partial charge in [0.15, 0.2) is 0 Å². The number of carbonyl (C=O) groups excluding carboxylic acids is 1. The molecule has 6 heteroatoms. The number of rotatable bonds is 4. The molecule has 0 unspecified atom stereocenters. The molecule has 0 aromatic heterocycles. The van der Waals surface area contributed by atoms with E-state index < -0.39 is 0 Å². The molecule has 1 aliphatic heterocycles. The van der Waals surface area contributed by atoms with Crippen LogP contribution in [0.1, 0.15) is 24.0 Å². The minimum atomic E-state index is 0.0372. The molecule has 3 rings (SSSR count). The second kappa shape index (κ2) is 8.62. The highest BCUT2D eigenvalue weighted by molar-refractivity contribution is 6.42. The van der Waals surface area contributed by atoms with Gasteiger partial charge >= 0.3 is 0 Å². The maximum absolute atomic E-state index is 12.6. The molecule has 1 N–H and O–H groups in total. The maximum Gasteiger partial charge on any atom is 0.227 e. The van der Waals surface area contributed by atoms with Crippen LogP contribution in [-0.4, -0.2) is 23.9 Å². The first-order chi connectivity index (χ1) is 12.4. The summed E-state index contributed by atoms with van der Waals surface area (Å²) in [7, 11) is 0. The Morgan fingerprint density at radius 2 is 1.81 bits per heavy atom. The number of aryl methyl sites for hydroxylation is 1. The van der Waals surface area contributed by atoms with E-state index in [1.807, 2.05) is 37.3 Å². The van der Waals surface area contributed by atoms with Gasteiger partial charge in [-0.25, -0.2) is 0 Å². The van der Waals surface area contributed by atoms with E-state index in [0.29, 0.717) is 15.1 Å². The number of likely N-dealkylation sites (tertiary alicyclic amines) is 1. The van der Waals surface area contributed by atoms with E-state index in [0.717, 1.165) is 49.3 Å². The summed E-state index contributed by atoms with van der Waals surface area (Å²) in [5.74, 6) is 0.125. The average Bonchev–Trinajstić information content (AvgIpc) is 2.61. The Kier molecular flexibility index (Phi) is 6.46. The van der Waals surface area contributed by atoms with Crippen molar-refractivity contribution in [1.29, 1.82) is 0 Å². The van der Waals surface area contributed by atoms with Crippen LogP contribution in [0, 0.1) is 12.8 Å². The fourth-order valence-electron chi connectivity index (χ4n) is 3.25. The lowest BCUT2D eigenvalue weighted by molar-refractivity contribution is -0.121. The van der Waals surface area contributed by atoms with Crippen molar-refractivity contribution in [3.63, 3.8) is 0 Å². The lowest BCUT2D eigenvalue weighted by Crippen LogP contribution is -2.37. The van der Waals surface area contributed by atoms with E-state index >= 15 is 0 Å². The zero-order valence-corrected chi connectivity index (χ0v) is 16.8. The van der Waals surface area contributed by atoms with Gasteiger partial charge in [0.1, 0.15) is 0 Å². The maximum atomic E-state index is 12.6. The van der Waals surface area contributed by atoms with Crippen molar-refractivity contribution < 1.29 is 4.79 Å². The standard InChI is InChI=1S/C20H21Cl3N2O/c1-13-10-16(21)3-5-19(13)24-20(26)15-6-8-25(9-7-15)12-14-2-4-17(22)18(23)11-14/h2-5,10-11,15H,6-9,12H2,1H3,(H,24,26). The number of anilines is 1. The third-order valence-corrected chi connectivity index (χ3v) is 5.77. The second-order valence-electron chi connectivity index (χ2n) is 6.75. The topological polar surface area (TPSA) is 32.3 Å². The van der Waals surface area contributed by atoms with Crippen LogP contribution in [0.15, 0.2) is 36.4 Å². The van der Waals surface area contributed by atoms with Crippen LogP contribution in [0.2, 0.25) is 15.1 Å². The summed E-state index contributed by atoms with van der Waals surface area (Å²) in [5.41, 5.74) is 2.94. The van der Waals surface area contributed by atoms with Crippen LogP contribution >= 0.6 is 34.8 Å². The van der Waals surface area contributed by atoms with Crippen LogP contribution < -0.4 is 5.32 Å². The van der Waals surface area contributed by atoms with Crippen molar-refractivity contribution in [2.45, 2.75) is 26.3 Å². The molecular weight excluding hydrogens is 391 g/mol. The summed E-state index contributed by atoms with van der Waals surface area (Å²) in [6.45, 7) is 4.54. The zero-order valence-electron chi connectivity index (χ0n) is 14.6. The number of hydrogen-bond acceptors (Lipinski definition) is 2. The number of nitrogens with one attached hydrogen (secondary N) is 1. The van der Waals surface area contributed by atoms with Crippen LogP contribution in [0.5, 0.6) is 0 Å². The molecule has 26 heavy (non-hydrogen) atoms. The molecule has 0 saturated carbocycles. The predicted octanol–water partition coefficient (Wildman–Crippen LogP) is 5.81. The van der Waals surface area contributed by atoms with Gasteiger partial charge in [0.2, 0.25) is 5.91 Å². The van der Waals surface area contributed by atoms with Gasteiger partial charge in [-0.1, -0.05) is 40.9 Å². The summed E-state index contributed by atoms with van der Waals surface area (Å²) in [5, 5.41) is 4.87. The number of carbonyl (C=O) groups is 1. The highest BCUT2D eigenvalue weighted by Crippen LogP contribution is 2.26. The van der Waals surface area contributed by atoms with Crippen molar-refractivity contribution in [3.8, 4) is 0 Å². The summed E-state index contributed by atoms with van der Waals surface area (Å²) in [6.07, 6.45) is 1.69. The smallest absolute Gasteiger partial charge is 0.227 e. The molecule has 0 atom stereocenters. The number of halogens is 3. The first-order valence-corrected chi connectivity index (χ1v) is 9.79. The average molecular weight is 412 g/mol. The summed E-state index contributed by atoms with van der Waals surface area (Å²) in [4.78, 5) is 14.9. The van der Waals surface area contributed by atoms with Gasteiger partial charge in [-0.2, -0.15) is 0 Å². The quantitative estimate of drug-likeness (QED) is 0.689. The largest absolute Gasteiger partial charge is 0.326 e. The van der Waals surface area contributed by atoms with Gasteiger partial charge in [0.05, 0.1) is 10.0 Å². The first kappa shape index (κ1) is 19.5. The monoisotopic (exact) mass is 410 g/mol. The van der Waals surface area contributed by atoms with Crippen LogP contribution in [-0.2, 0) is 11.3 Å². The third-order valence-electron chi connectivity index (χ3n) is 4.79. The molecule has 0 bridgehead atoms. The molecule has 3 nitrogen and oxygen atoms in total. The number of amides is 1. The Bertz CT molecular complexity index is 802. The van der Waals surface area contributed by atoms with Crippen molar-refractivity contribution in [1.82, 2.24) is 4.90 Å². The molecule has 138 valence electrons. The highest BCUT2D eigenvalue weighted by atomic mass is 35.5. The van der Waals surface area contributed by atoms with Gasteiger partial charge in [-0.3, -0.25) is 9.69 Å².